The Balaban J connectivity index is 1.16. The van der Waals surface area contributed by atoms with E-state index >= 15 is 63.9 Å². The lowest BCUT2D eigenvalue weighted by atomic mass is 9.83. The van der Waals surface area contributed by atoms with Crippen molar-refractivity contribution >= 4 is 178 Å². The van der Waals surface area contributed by atoms with E-state index in [1.54, 1.807) is 0 Å². The van der Waals surface area contributed by atoms with Gasteiger partial charge in [-0.25, -0.2) is 39.9 Å². The van der Waals surface area contributed by atoms with Crippen molar-refractivity contribution in [2.75, 3.05) is 0 Å². The zero-order valence-electron chi connectivity index (χ0n) is 55.3. The highest BCUT2D eigenvalue weighted by atomic mass is 35.5. The molecule has 33 heteroatoms. The molecule has 6 N–H and O–H groups in total. The van der Waals surface area contributed by atoms with Gasteiger partial charge in [0.25, 0.3) is 23.6 Å². The number of primary amides is 1. The van der Waals surface area contributed by atoms with E-state index in [1.165, 1.54) is 19.1 Å². The first-order valence-electron chi connectivity index (χ1n) is 31.9. The number of carboxylic acid groups (broad SMARTS) is 1. The number of quaternary nitrogens is 1. The van der Waals surface area contributed by atoms with E-state index in [0.29, 0.717) is 40.2 Å². The number of hydrogen-bond acceptors (Lipinski definition) is 11. The van der Waals surface area contributed by atoms with Crippen molar-refractivity contribution in [1.29, 1.82) is 0 Å². The molecule has 17 nitrogen and oxygen atoms in total. The molecule has 4 unspecified atom stereocenters. The summed E-state index contributed by atoms with van der Waals surface area (Å²) in [5, 5.41) is 40.8. The number of aliphatic carboxylic acids is 1. The maximum absolute atomic E-state index is 19.9. The molecule has 0 saturated heterocycles. The number of phenols is 3. The van der Waals surface area contributed by atoms with Gasteiger partial charge < -0.3 is 30.9 Å². The molecule has 8 aromatic carbocycles. The summed E-state index contributed by atoms with van der Waals surface area (Å²) in [6.07, 6.45) is 0.752. The third kappa shape index (κ3) is 11.7. The molecule has 2 aliphatic rings. The van der Waals surface area contributed by atoms with Crippen LogP contribution in [0.5, 0.6) is 23.0 Å². The van der Waals surface area contributed by atoms with E-state index in [2.05, 4.69) is 0 Å². The third-order valence-electron chi connectivity index (χ3n) is 19.9. The summed E-state index contributed by atoms with van der Waals surface area (Å²) in [5.74, 6) is -39.2. The number of hydrogen-bond donors (Lipinski definition) is 5. The molecule has 0 bridgehead atoms. The van der Waals surface area contributed by atoms with Crippen molar-refractivity contribution in [3.63, 3.8) is 0 Å². The summed E-state index contributed by atoms with van der Waals surface area (Å²) in [6, 6.07) is 11.5. The number of aromatic nitrogens is 3. The van der Waals surface area contributed by atoms with Crippen LogP contribution in [-0.2, 0) is 14.4 Å². The predicted octanol–water partition coefficient (Wildman–Crippen LogP) is 19.9. The lowest BCUT2D eigenvalue weighted by Crippen LogP contribution is -2.58. The number of halogens is 16. The van der Waals surface area contributed by atoms with Gasteiger partial charge in [0.15, 0.2) is 69.5 Å². The molecular formula is C75H46Cl8F8N5O12+. The number of nitrogens with two attached hydrogens (primary N) is 1. The van der Waals surface area contributed by atoms with E-state index in [4.69, 9.17) is 103 Å². The molecule has 108 heavy (non-hydrogen) atoms. The van der Waals surface area contributed by atoms with Gasteiger partial charge in [-0.15, -0.1) is 0 Å². The van der Waals surface area contributed by atoms with Gasteiger partial charge in [0.05, 0.1) is 84.7 Å². The Kier molecular flexibility index (Phi) is 19.9. The maximum Gasteiger partial charge on any atom is 0.356 e. The van der Waals surface area contributed by atoms with Crippen molar-refractivity contribution in [1.82, 2.24) is 18.2 Å². The van der Waals surface area contributed by atoms with Crippen LogP contribution in [0.4, 0.5) is 40.8 Å². The number of carbonyl (C=O) groups is 7. The number of nitrogens with zero attached hydrogens (tertiary/aromatic N) is 4. The second-order valence-electron chi connectivity index (χ2n) is 25.6. The van der Waals surface area contributed by atoms with Crippen LogP contribution >= 0.6 is 92.8 Å². The van der Waals surface area contributed by atoms with Crippen LogP contribution in [0.2, 0.25) is 40.2 Å². The van der Waals surface area contributed by atoms with Crippen molar-refractivity contribution < 1.29 is 93.8 Å². The smallest absolute Gasteiger partial charge is 0.356 e. The van der Waals surface area contributed by atoms with E-state index in [0.717, 1.165) is 86.0 Å². The van der Waals surface area contributed by atoms with Gasteiger partial charge in [-0.05, 0) is 118 Å². The topological polar surface area (TPSA) is 250 Å². The van der Waals surface area contributed by atoms with Gasteiger partial charge >= 0.3 is 17.8 Å². The summed E-state index contributed by atoms with van der Waals surface area (Å²) in [7, 11) is 0. The highest BCUT2D eigenvalue weighted by molar-refractivity contribution is 6.44. The SMILES string of the molecule is CC1=C(C(C(=O)O)c2c(C)n(C(=O)c3ccc(Cl)c(Cl)c3)c3cc(F)c(O)c(F)c23)c2c(cc(F)c(OC(=O)C(c3c(C)n(C(=O)c4ccc(Cl)c(Cl)c4)c4cc(F)c(O)c(F)c34)C3CCCC3)c2F)[N+]1(C(=O)c1ccc(Cl)c(Cl)c1)C(C(N)=O)c1c(C)n(C(=O)c2ccc(Cl)c(Cl)c2)c2cc(F)c(O)c(F)c12. The quantitative estimate of drug-likeness (QED) is 0.0295. The van der Waals surface area contributed by atoms with Gasteiger partial charge in [-0.3, -0.25) is 42.5 Å². The first-order valence-corrected chi connectivity index (χ1v) is 34.9. The van der Waals surface area contributed by atoms with Crippen LogP contribution < -0.4 is 15.0 Å². The van der Waals surface area contributed by atoms with Gasteiger partial charge in [-0.1, -0.05) is 106 Å². The molecule has 1 fully saturated rings. The molecule has 11 aromatic rings. The molecule has 3 aromatic heterocycles. The first-order chi connectivity index (χ1) is 50.9. The first kappa shape index (κ1) is 76.5. The van der Waals surface area contributed by atoms with E-state index < -0.39 is 244 Å². The normalized spacial score (nSPS) is 15.4. The fraction of sp³-hybridized carbons (Fsp3) is 0.160. The number of fused-ring (bicyclic) bond motifs is 4. The number of benzene rings is 8. The number of ether oxygens (including phenoxy) is 1. The molecule has 4 heterocycles. The van der Waals surface area contributed by atoms with Crippen LogP contribution in [0.1, 0.15) is 131 Å². The van der Waals surface area contributed by atoms with Gasteiger partial charge in [0.1, 0.15) is 11.6 Å². The largest absolute Gasteiger partial charge is 0.503 e. The molecule has 1 aliphatic heterocycles. The highest BCUT2D eigenvalue weighted by Gasteiger charge is 2.63. The fourth-order valence-corrected chi connectivity index (χ4v) is 16.4. The number of aromatic hydroxyl groups is 3. The summed E-state index contributed by atoms with van der Waals surface area (Å²) < 4.78 is 144. The van der Waals surface area contributed by atoms with Crippen molar-refractivity contribution in [2.24, 2.45) is 11.7 Å². The molecule has 0 spiro atoms. The van der Waals surface area contributed by atoms with Gasteiger partial charge in [0.2, 0.25) is 11.8 Å². The van der Waals surface area contributed by atoms with E-state index in [-0.39, 0.29) is 65.3 Å². The summed E-state index contributed by atoms with van der Waals surface area (Å²) in [5.41, 5.74) is -6.86. The molecule has 0 radical (unpaired) electrons. The average molecular weight is 1640 g/mol. The maximum atomic E-state index is 19.9. The lowest BCUT2D eigenvalue weighted by molar-refractivity contribution is -0.138. The molecule has 1 aliphatic carbocycles. The van der Waals surface area contributed by atoms with Crippen molar-refractivity contribution in [2.45, 2.75) is 71.3 Å². The Labute approximate surface area is 643 Å². The third-order valence-corrected chi connectivity index (χ3v) is 22.9. The Hall–Kier alpha value is -9.67. The van der Waals surface area contributed by atoms with E-state index in [9.17, 15) is 25.2 Å². The standard InChI is InChI=1S/C75H45Cl8F8N5O12/c1-25-50(55-46(21-42(84)65(97)60(55)88)93(25)70(101)30-9-13-34(76)38(80)17-30)54(29-7-5-6-8-29)75(107)108-68-45(87)24-49-58(63(68)91)53(59(74(105)106)51-26(2)94(47-22-43(85)66(98)61(89)56(47)51)71(102)31-10-14-35(77)39(81)18-31)28(4)96(49,73(104)33-12-16-37(79)41(83)20-33)64(69(92)100)52-27(3)95(48-23-44(86)67(99)62(90)57(48)52)72(103)32-11-15-36(78)40(82)19-32/h9-24,29,54,59,64H,5-8H2,1-4H3,(H5-,92,97,98,99,100,105,106)/p+1. The van der Waals surface area contributed by atoms with E-state index in [1.807, 2.05) is 0 Å². The Morgan fingerprint density at radius 2 is 0.843 bits per heavy atom. The van der Waals surface area contributed by atoms with Crippen LogP contribution in [0, 0.1) is 73.2 Å². The predicted molar refractivity (Wildman–Crippen MR) is 388 cm³/mol. The number of carboxylic acids is 1. The molecular weight excluding hydrogens is 1600 g/mol. The molecule has 4 atom stereocenters. The molecule has 1 saturated carbocycles. The monoisotopic (exact) mass is 1640 g/mol. The van der Waals surface area contributed by atoms with Crippen molar-refractivity contribution in [3.8, 4) is 23.0 Å². The second kappa shape index (κ2) is 28.1. The number of allylic oxidation sites excluding steroid dienone is 1. The van der Waals surface area contributed by atoms with Crippen molar-refractivity contribution in [3.05, 3.63) is 251 Å². The number of carbonyl (C=O) groups excluding carboxylic acids is 6. The van der Waals surface area contributed by atoms with Gasteiger partial charge in [0, 0.05) is 86.9 Å². The fourth-order valence-electron chi connectivity index (χ4n) is 15.2. The molecule has 13 rings (SSSR count). The highest BCUT2D eigenvalue weighted by Crippen LogP contribution is 2.61. The Bertz CT molecular complexity index is 6000. The number of esters is 1. The summed E-state index contributed by atoms with van der Waals surface area (Å²) >= 11 is 50.7. The second-order valence-corrected chi connectivity index (χ2v) is 28.9. The minimum Gasteiger partial charge on any atom is -0.503 e. The average Bonchev–Trinajstić information content (AvgIpc) is 1.51. The van der Waals surface area contributed by atoms with Crippen LogP contribution in [-0.4, -0.2) is 75.6 Å². The number of amides is 2. The molecule has 2 amide bonds. The Morgan fingerprint density at radius 1 is 0.481 bits per heavy atom. The number of phenolic OH excluding ortho intramolecular Hbond substituents is 3. The summed E-state index contributed by atoms with van der Waals surface area (Å²) in [6.45, 7) is 3.96. The van der Waals surface area contributed by atoms with Crippen LogP contribution in [0.25, 0.3) is 38.3 Å². The lowest BCUT2D eigenvalue weighted by Gasteiger charge is -2.39. The molecule has 554 valence electrons. The minimum absolute atomic E-state index is 0.0174. The number of rotatable bonds is 14. The Morgan fingerprint density at radius 3 is 1.23 bits per heavy atom. The minimum atomic E-state index is -2.97. The summed E-state index contributed by atoms with van der Waals surface area (Å²) in [4.78, 5) is 108. The van der Waals surface area contributed by atoms with Gasteiger partial charge in [-0.2, -0.15) is 4.48 Å². The van der Waals surface area contributed by atoms with Crippen LogP contribution in [0.15, 0.2) is 103 Å². The van der Waals surface area contributed by atoms with Crippen LogP contribution in [0.3, 0.4) is 0 Å². The zero-order valence-corrected chi connectivity index (χ0v) is 61.4. The zero-order chi connectivity index (χ0) is 78.5.